The van der Waals surface area contributed by atoms with Gasteiger partial charge in [0.05, 0.1) is 0 Å². The zero-order valence-electron chi connectivity index (χ0n) is 9.10. The van der Waals surface area contributed by atoms with Crippen molar-refractivity contribution in [2.75, 3.05) is 19.7 Å². The van der Waals surface area contributed by atoms with Gasteiger partial charge in [-0.3, -0.25) is 9.69 Å². The summed E-state index contributed by atoms with van der Waals surface area (Å²) >= 11 is 0. The maximum absolute atomic E-state index is 11.4. The topological polar surface area (TPSA) is 66.8 Å². The van der Waals surface area contributed by atoms with Gasteiger partial charge in [-0.2, -0.15) is 0 Å². The van der Waals surface area contributed by atoms with Gasteiger partial charge in [-0.25, -0.2) is 4.79 Å². The lowest BCUT2D eigenvalue weighted by molar-refractivity contribution is -0.138. The molecule has 0 aromatic rings. The third kappa shape index (κ3) is 6.54. The largest absolute Gasteiger partial charge is 0.480 e. The maximum atomic E-state index is 11.4. The highest BCUT2D eigenvalue weighted by molar-refractivity contribution is 5.76. The van der Waals surface area contributed by atoms with Gasteiger partial charge >= 0.3 is 12.1 Å². The Hall–Kier alpha value is -1.52. The number of ether oxygens (including phenoxy) is 1. The molecule has 0 unspecified atom stereocenters. The van der Waals surface area contributed by atoms with E-state index in [1.165, 1.54) is 6.08 Å². The highest BCUT2D eigenvalue weighted by Gasteiger charge is 2.18. The molecule has 86 valence electrons. The summed E-state index contributed by atoms with van der Waals surface area (Å²) in [5.74, 6) is -0.855. The zero-order valence-corrected chi connectivity index (χ0v) is 9.10. The maximum Gasteiger partial charge on any atom is 0.410 e. The second-order valence-electron chi connectivity index (χ2n) is 3.53. The van der Waals surface area contributed by atoms with Gasteiger partial charge in [0.15, 0.2) is 0 Å². The predicted octanol–water partition coefficient (Wildman–Crippen LogP) is 1.35. The summed E-state index contributed by atoms with van der Waals surface area (Å²) in [6.45, 7) is 7.31. The number of carboxylic acids is 1. The molecule has 0 spiro atoms. The molecule has 0 saturated carbocycles. The number of nitrogens with zero attached hydrogens (tertiary/aromatic N) is 1. The molecule has 0 rings (SSSR count). The molecule has 1 amide bonds. The van der Waals surface area contributed by atoms with Crippen LogP contribution in [0.4, 0.5) is 4.79 Å². The molecule has 0 radical (unpaired) electrons. The number of carbonyl (C=O) groups is 2. The van der Waals surface area contributed by atoms with E-state index in [4.69, 9.17) is 9.84 Å². The van der Waals surface area contributed by atoms with Crippen molar-refractivity contribution in [1.82, 2.24) is 4.90 Å². The van der Waals surface area contributed by atoms with Crippen LogP contribution >= 0.6 is 0 Å². The normalized spacial score (nSPS) is 9.80. The summed E-state index contributed by atoms with van der Waals surface area (Å²) in [6.07, 6.45) is 0.817. The summed E-state index contributed by atoms with van der Waals surface area (Å²) in [5.41, 5.74) is 0. The molecule has 5 nitrogen and oxygen atoms in total. The van der Waals surface area contributed by atoms with Gasteiger partial charge in [-0.15, -0.1) is 0 Å². The third-order valence-electron chi connectivity index (χ3n) is 1.49. The van der Waals surface area contributed by atoms with Crippen LogP contribution in [0.5, 0.6) is 0 Å². The molecular weight excluding hydrogens is 198 g/mol. The van der Waals surface area contributed by atoms with Crippen molar-refractivity contribution in [3.05, 3.63) is 12.7 Å². The van der Waals surface area contributed by atoms with E-state index in [-0.39, 0.29) is 19.1 Å². The van der Waals surface area contributed by atoms with Crippen LogP contribution in [-0.2, 0) is 9.53 Å². The van der Waals surface area contributed by atoms with Crippen LogP contribution in [0.15, 0.2) is 12.7 Å². The van der Waals surface area contributed by atoms with E-state index in [0.717, 1.165) is 4.90 Å². The summed E-state index contributed by atoms with van der Waals surface area (Å²) in [4.78, 5) is 23.0. The number of amides is 1. The van der Waals surface area contributed by atoms with E-state index in [0.29, 0.717) is 6.54 Å². The van der Waals surface area contributed by atoms with Crippen LogP contribution in [-0.4, -0.2) is 41.8 Å². The first-order valence-electron chi connectivity index (χ1n) is 4.71. The molecule has 1 N–H and O–H groups in total. The quantitative estimate of drug-likeness (QED) is 0.679. The van der Waals surface area contributed by atoms with E-state index in [1.54, 1.807) is 0 Å². The number of carbonyl (C=O) groups excluding carboxylic acids is 1. The molecule has 0 atom stereocenters. The molecule has 0 bridgehead atoms. The Morgan fingerprint density at radius 3 is 2.53 bits per heavy atom. The van der Waals surface area contributed by atoms with Crippen LogP contribution in [0.1, 0.15) is 13.8 Å². The number of hydrogen-bond donors (Lipinski definition) is 1. The van der Waals surface area contributed by atoms with Gasteiger partial charge in [-0.1, -0.05) is 26.5 Å². The lowest BCUT2D eigenvalue weighted by atomic mass is 10.2. The van der Waals surface area contributed by atoms with Crippen LogP contribution in [0, 0.1) is 5.92 Å². The zero-order chi connectivity index (χ0) is 11.8. The van der Waals surface area contributed by atoms with E-state index in [9.17, 15) is 9.59 Å². The molecule has 0 heterocycles. The Kier molecular flexibility index (Phi) is 6.17. The first kappa shape index (κ1) is 13.5. The predicted molar refractivity (Wildman–Crippen MR) is 55.6 cm³/mol. The lowest BCUT2D eigenvalue weighted by Gasteiger charge is -2.21. The molecule has 0 aliphatic rings. The average Bonchev–Trinajstić information content (AvgIpc) is 2.11. The summed E-state index contributed by atoms with van der Waals surface area (Å²) in [6, 6.07) is 0. The Morgan fingerprint density at radius 1 is 1.53 bits per heavy atom. The van der Waals surface area contributed by atoms with Crippen molar-refractivity contribution in [2.45, 2.75) is 13.8 Å². The molecule has 0 aromatic heterocycles. The molecule has 15 heavy (non-hydrogen) atoms. The lowest BCUT2D eigenvalue weighted by Crippen LogP contribution is -2.38. The van der Waals surface area contributed by atoms with E-state index >= 15 is 0 Å². The first-order valence-corrected chi connectivity index (χ1v) is 4.71. The molecular formula is C10H17NO4. The van der Waals surface area contributed by atoms with Crippen molar-refractivity contribution >= 4 is 12.1 Å². The Balaban J connectivity index is 4.26. The monoisotopic (exact) mass is 215 g/mol. The fourth-order valence-electron chi connectivity index (χ4n) is 1.03. The number of hydrogen-bond acceptors (Lipinski definition) is 3. The highest BCUT2D eigenvalue weighted by atomic mass is 16.6. The number of rotatable bonds is 6. The van der Waals surface area contributed by atoms with Crippen molar-refractivity contribution in [2.24, 2.45) is 5.92 Å². The first-order chi connectivity index (χ1) is 6.97. The Labute approximate surface area is 89.3 Å². The van der Waals surface area contributed by atoms with E-state index in [2.05, 4.69) is 6.58 Å². The molecule has 5 heteroatoms. The summed E-state index contributed by atoms with van der Waals surface area (Å²) in [7, 11) is 0. The minimum atomic E-state index is -1.05. The smallest absolute Gasteiger partial charge is 0.410 e. The average molecular weight is 215 g/mol. The number of carboxylic acid groups (broad SMARTS) is 1. The van der Waals surface area contributed by atoms with Gasteiger partial charge < -0.3 is 9.84 Å². The molecule has 0 fully saturated rings. The van der Waals surface area contributed by atoms with Crippen molar-refractivity contribution in [3.63, 3.8) is 0 Å². The standard InChI is InChI=1S/C10H17NO4/c1-4-5-15-10(14)11(6-8(2)3)7-9(12)13/h4,8H,1,5-7H2,2-3H3,(H,12,13). The van der Waals surface area contributed by atoms with Gasteiger partial charge in [0.1, 0.15) is 13.2 Å². The molecule has 0 aliphatic heterocycles. The molecule has 0 saturated heterocycles. The van der Waals surface area contributed by atoms with Crippen molar-refractivity contribution < 1.29 is 19.4 Å². The van der Waals surface area contributed by atoms with Gasteiger partial charge in [0.25, 0.3) is 0 Å². The SMILES string of the molecule is C=CCOC(=O)N(CC(=O)O)CC(C)C. The van der Waals surface area contributed by atoms with Gasteiger partial charge in [-0.05, 0) is 5.92 Å². The summed E-state index contributed by atoms with van der Waals surface area (Å²) in [5, 5.41) is 8.60. The van der Waals surface area contributed by atoms with Crippen LogP contribution < -0.4 is 0 Å². The second-order valence-corrected chi connectivity index (χ2v) is 3.53. The fraction of sp³-hybridized carbons (Fsp3) is 0.600. The second kappa shape index (κ2) is 6.86. The highest BCUT2D eigenvalue weighted by Crippen LogP contribution is 2.01. The number of aliphatic carboxylic acids is 1. The van der Waals surface area contributed by atoms with Crippen LogP contribution in [0.25, 0.3) is 0 Å². The van der Waals surface area contributed by atoms with Crippen molar-refractivity contribution in [1.29, 1.82) is 0 Å². The Bertz CT molecular complexity index is 238. The molecule has 0 aromatic carbocycles. The third-order valence-corrected chi connectivity index (χ3v) is 1.49. The van der Waals surface area contributed by atoms with E-state index in [1.807, 2.05) is 13.8 Å². The van der Waals surface area contributed by atoms with E-state index < -0.39 is 12.1 Å². The Morgan fingerprint density at radius 2 is 2.13 bits per heavy atom. The fourth-order valence-corrected chi connectivity index (χ4v) is 1.03. The minimum absolute atomic E-state index is 0.0903. The van der Waals surface area contributed by atoms with Crippen LogP contribution in [0.3, 0.4) is 0 Å². The summed E-state index contributed by atoms with van der Waals surface area (Å²) < 4.78 is 4.76. The van der Waals surface area contributed by atoms with Gasteiger partial charge in [0, 0.05) is 6.54 Å². The van der Waals surface area contributed by atoms with Crippen molar-refractivity contribution in [3.8, 4) is 0 Å². The van der Waals surface area contributed by atoms with Gasteiger partial charge in [0.2, 0.25) is 0 Å². The minimum Gasteiger partial charge on any atom is -0.480 e. The molecule has 0 aliphatic carbocycles. The van der Waals surface area contributed by atoms with Crippen LogP contribution in [0.2, 0.25) is 0 Å².